The van der Waals surface area contributed by atoms with Gasteiger partial charge in [-0.25, -0.2) is 0 Å². The molecule has 1 aromatic heterocycles. The average Bonchev–Trinajstić information content (AvgIpc) is 2.90. The maximum Gasteiger partial charge on any atom is 0.0988 e. The number of aromatic nitrogens is 1. The second kappa shape index (κ2) is 6.02. The predicted molar refractivity (Wildman–Crippen MR) is 78.1 cm³/mol. The van der Waals surface area contributed by atoms with E-state index in [0.29, 0.717) is 0 Å². The molecule has 0 spiro atoms. The second-order valence-corrected chi connectivity index (χ2v) is 5.68. The molecule has 0 amide bonds. The molecule has 106 valence electrons. The van der Waals surface area contributed by atoms with Crippen molar-refractivity contribution >= 4 is 0 Å². The van der Waals surface area contributed by atoms with Crippen LogP contribution in [0.15, 0.2) is 18.5 Å². The molecule has 0 saturated heterocycles. The van der Waals surface area contributed by atoms with E-state index in [0.717, 1.165) is 37.1 Å². The van der Waals surface area contributed by atoms with Gasteiger partial charge in [0.1, 0.15) is 0 Å². The fraction of sp³-hybridized carbons (Fsp3) is 0.688. The zero-order valence-corrected chi connectivity index (χ0v) is 12.4. The van der Waals surface area contributed by atoms with Crippen LogP contribution in [0.4, 0.5) is 0 Å². The van der Waals surface area contributed by atoms with E-state index in [2.05, 4.69) is 29.8 Å². The zero-order valence-electron chi connectivity index (χ0n) is 12.4. The number of aliphatic hydroxyl groups is 1. The molecule has 0 radical (unpaired) electrons. The lowest BCUT2D eigenvalue weighted by molar-refractivity contribution is -0.0270. The van der Waals surface area contributed by atoms with Gasteiger partial charge in [-0.15, -0.1) is 0 Å². The number of nitrogens with zero attached hydrogens (tertiary/aromatic N) is 2. The van der Waals surface area contributed by atoms with E-state index >= 15 is 0 Å². The lowest BCUT2D eigenvalue weighted by atomic mass is 9.84. The van der Waals surface area contributed by atoms with Crippen molar-refractivity contribution < 1.29 is 5.11 Å². The Morgan fingerprint density at radius 1 is 1.26 bits per heavy atom. The molecule has 1 aromatic rings. The Hall–Kier alpha value is -0.930. The monoisotopic (exact) mass is 262 g/mol. The minimum atomic E-state index is -0.428. The number of hydrogen-bond donors (Lipinski definition) is 1. The Morgan fingerprint density at radius 2 is 1.89 bits per heavy atom. The summed E-state index contributed by atoms with van der Waals surface area (Å²) in [5, 5.41) is 10.9. The summed E-state index contributed by atoms with van der Waals surface area (Å²) >= 11 is 0. The molecular formula is C16H26N2O. The largest absolute Gasteiger partial charge is 0.386 e. The van der Waals surface area contributed by atoms with Crippen molar-refractivity contribution in [3.63, 3.8) is 0 Å². The Balaban J connectivity index is 2.33. The van der Waals surface area contributed by atoms with Gasteiger partial charge >= 0.3 is 0 Å². The van der Waals surface area contributed by atoms with Crippen LogP contribution in [0.1, 0.15) is 56.8 Å². The van der Waals surface area contributed by atoms with Crippen molar-refractivity contribution in [2.45, 2.75) is 58.1 Å². The highest BCUT2D eigenvalue weighted by molar-refractivity contribution is 5.23. The molecule has 2 rings (SSSR count). The van der Waals surface area contributed by atoms with Crippen LogP contribution in [-0.4, -0.2) is 33.6 Å². The first-order valence-electron chi connectivity index (χ1n) is 7.48. The topological polar surface area (TPSA) is 36.4 Å². The number of pyridine rings is 1. The number of aliphatic hydroxyl groups excluding tert-OH is 1. The number of aryl methyl sites for hydroxylation is 1. The molecule has 3 heteroatoms. The highest BCUT2D eigenvalue weighted by Gasteiger charge is 2.45. The first-order valence-corrected chi connectivity index (χ1v) is 7.48. The van der Waals surface area contributed by atoms with Gasteiger partial charge in [-0.3, -0.25) is 9.88 Å². The minimum Gasteiger partial charge on any atom is -0.386 e. The lowest BCUT2D eigenvalue weighted by Gasteiger charge is -2.44. The molecule has 0 aromatic carbocycles. The van der Waals surface area contributed by atoms with Crippen molar-refractivity contribution in [3.8, 4) is 0 Å². The zero-order chi connectivity index (χ0) is 13.9. The van der Waals surface area contributed by atoms with Crippen molar-refractivity contribution in [3.05, 3.63) is 29.6 Å². The van der Waals surface area contributed by atoms with Crippen molar-refractivity contribution in [1.29, 1.82) is 0 Å². The minimum absolute atomic E-state index is 0.0844. The Morgan fingerprint density at radius 3 is 2.42 bits per heavy atom. The molecule has 1 unspecified atom stereocenters. The average molecular weight is 262 g/mol. The SMILES string of the molecule is CCN(CC)C1(C(O)c2cncc(C)c2)CCCC1. The van der Waals surface area contributed by atoms with Crippen LogP contribution in [0.25, 0.3) is 0 Å². The number of likely N-dealkylation sites (N-methyl/N-ethyl adjacent to an activating group) is 1. The molecule has 0 bridgehead atoms. The third-order valence-electron chi connectivity index (χ3n) is 4.58. The summed E-state index contributed by atoms with van der Waals surface area (Å²) in [6, 6.07) is 2.07. The van der Waals surface area contributed by atoms with Gasteiger partial charge in [-0.05, 0) is 38.4 Å². The van der Waals surface area contributed by atoms with Gasteiger partial charge in [0.25, 0.3) is 0 Å². The van der Waals surface area contributed by atoms with Crippen molar-refractivity contribution in [2.24, 2.45) is 0 Å². The molecule has 1 saturated carbocycles. The van der Waals surface area contributed by atoms with Crippen LogP contribution < -0.4 is 0 Å². The summed E-state index contributed by atoms with van der Waals surface area (Å²) in [5.41, 5.74) is 2.00. The maximum atomic E-state index is 10.9. The van der Waals surface area contributed by atoms with Crippen molar-refractivity contribution in [2.75, 3.05) is 13.1 Å². The third kappa shape index (κ3) is 2.67. The first-order chi connectivity index (χ1) is 9.14. The molecule has 1 aliphatic rings. The van der Waals surface area contributed by atoms with Gasteiger partial charge in [0.15, 0.2) is 0 Å². The molecule has 19 heavy (non-hydrogen) atoms. The second-order valence-electron chi connectivity index (χ2n) is 5.68. The maximum absolute atomic E-state index is 10.9. The summed E-state index contributed by atoms with van der Waals surface area (Å²) < 4.78 is 0. The molecule has 1 N–H and O–H groups in total. The summed E-state index contributed by atoms with van der Waals surface area (Å²) in [4.78, 5) is 6.68. The van der Waals surface area contributed by atoms with Crippen LogP contribution >= 0.6 is 0 Å². The molecule has 1 aliphatic carbocycles. The van der Waals surface area contributed by atoms with Gasteiger partial charge in [0, 0.05) is 18.0 Å². The first kappa shape index (κ1) is 14.5. The highest BCUT2D eigenvalue weighted by Crippen LogP contribution is 2.44. The number of hydrogen-bond acceptors (Lipinski definition) is 3. The summed E-state index contributed by atoms with van der Waals surface area (Å²) in [5.74, 6) is 0. The normalized spacial score (nSPS) is 19.8. The summed E-state index contributed by atoms with van der Waals surface area (Å²) in [6.07, 6.45) is 7.84. The highest BCUT2D eigenvalue weighted by atomic mass is 16.3. The molecular weight excluding hydrogens is 236 g/mol. The van der Waals surface area contributed by atoms with Crippen LogP contribution in [0, 0.1) is 6.92 Å². The Labute approximate surface area is 116 Å². The quantitative estimate of drug-likeness (QED) is 0.886. The van der Waals surface area contributed by atoms with Gasteiger partial charge in [-0.1, -0.05) is 32.8 Å². The van der Waals surface area contributed by atoms with Gasteiger partial charge in [0.05, 0.1) is 11.6 Å². The Kier molecular flexibility index (Phi) is 4.58. The van der Waals surface area contributed by atoms with E-state index in [1.807, 2.05) is 19.3 Å². The van der Waals surface area contributed by atoms with E-state index in [4.69, 9.17) is 0 Å². The van der Waals surface area contributed by atoms with Crippen molar-refractivity contribution in [1.82, 2.24) is 9.88 Å². The molecule has 1 atom stereocenters. The molecule has 1 fully saturated rings. The van der Waals surface area contributed by atoms with E-state index in [1.165, 1.54) is 12.8 Å². The standard InChI is InChI=1S/C16H26N2O/c1-4-18(5-2)16(8-6-7-9-16)15(19)14-10-13(3)11-17-12-14/h10-12,15,19H,4-9H2,1-3H3. The predicted octanol–water partition coefficient (Wildman–Crippen LogP) is 3.08. The van der Waals surface area contributed by atoms with E-state index in [9.17, 15) is 5.11 Å². The molecule has 3 nitrogen and oxygen atoms in total. The Bertz CT molecular complexity index is 409. The third-order valence-corrected chi connectivity index (χ3v) is 4.58. The molecule has 1 heterocycles. The van der Waals surface area contributed by atoms with Gasteiger partial charge in [-0.2, -0.15) is 0 Å². The van der Waals surface area contributed by atoms with E-state index in [-0.39, 0.29) is 5.54 Å². The smallest absolute Gasteiger partial charge is 0.0988 e. The summed E-state index contributed by atoms with van der Waals surface area (Å²) in [7, 11) is 0. The van der Waals surface area contributed by atoms with Crippen LogP contribution in [-0.2, 0) is 0 Å². The lowest BCUT2D eigenvalue weighted by Crippen LogP contribution is -2.51. The van der Waals surface area contributed by atoms with E-state index in [1.54, 1.807) is 0 Å². The van der Waals surface area contributed by atoms with Gasteiger partial charge < -0.3 is 5.11 Å². The fourth-order valence-electron chi connectivity index (χ4n) is 3.64. The molecule has 0 aliphatic heterocycles. The summed E-state index contributed by atoms with van der Waals surface area (Å²) in [6.45, 7) is 8.39. The fourth-order valence-corrected chi connectivity index (χ4v) is 3.64. The van der Waals surface area contributed by atoms with Crippen LogP contribution in [0.2, 0.25) is 0 Å². The number of rotatable bonds is 5. The van der Waals surface area contributed by atoms with E-state index < -0.39 is 6.10 Å². The van der Waals surface area contributed by atoms with Crippen LogP contribution in [0.5, 0.6) is 0 Å². The van der Waals surface area contributed by atoms with Crippen LogP contribution in [0.3, 0.4) is 0 Å². The van der Waals surface area contributed by atoms with Gasteiger partial charge in [0.2, 0.25) is 0 Å².